The average Bonchev–Trinajstić information content (AvgIpc) is 2.48. The molecule has 3 rings (SSSR count). The molecular formula is C16H13FN2O3. The second kappa shape index (κ2) is 5.48. The Morgan fingerprint density at radius 1 is 1.23 bits per heavy atom. The van der Waals surface area contributed by atoms with Crippen molar-refractivity contribution >= 4 is 23.2 Å². The molecule has 112 valence electrons. The Morgan fingerprint density at radius 2 is 1.95 bits per heavy atom. The molecule has 0 aromatic heterocycles. The zero-order chi connectivity index (χ0) is 15.7. The summed E-state index contributed by atoms with van der Waals surface area (Å²) in [4.78, 5) is 24.1. The third-order valence-corrected chi connectivity index (χ3v) is 3.23. The molecule has 22 heavy (non-hydrogen) atoms. The highest BCUT2D eigenvalue weighted by atomic mass is 19.1. The van der Waals surface area contributed by atoms with E-state index < -0.39 is 23.7 Å². The van der Waals surface area contributed by atoms with Crippen molar-refractivity contribution in [3.63, 3.8) is 0 Å². The van der Waals surface area contributed by atoms with Crippen molar-refractivity contribution in [3.8, 4) is 5.75 Å². The molecule has 0 aliphatic carbocycles. The molecule has 0 radical (unpaired) electrons. The molecule has 0 saturated carbocycles. The van der Waals surface area contributed by atoms with Gasteiger partial charge in [0.05, 0.1) is 5.69 Å². The van der Waals surface area contributed by atoms with Crippen molar-refractivity contribution in [2.75, 3.05) is 10.6 Å². The number of ether oxygens (including phenoxy) is 1. The zero-order valence-electron chi connectivity index (χ0n) is 11.7. The van der Waals surface area contributed by atoms with Gasteiger partial charge in [0.15, 0.2) is 0 Å². The van der Waals surface area contributed by atoms with Gasteiger partial charge in [-0.1, -0.05) is 6.07 Å². The number of nitrogens with one attached hydrogen (secondary N) is 2. The summed E-state index contributed by atoms with van der Waals surface area (Å²) in [5.74, 6) is -1.13. The topological polar surface area (TPSA) is 67.4 Å². The molecule has 1 aliphatic rings. The predicted octanol–water partition coefficient (Wildman–Crippen LogP) is 2.47. The van der Waals surface area contributed by atoms with E-state index in [4.69, 9.17) is 4.74 Å². The molecule has 0 unspecified atom stereocenters. The van der Waals surface area contributed by atoms with Crippen LogP contribution in [0, 0.1) is 12.7 Å². The van der Waals surface area contributed by atoms with E-state index in [1.165, 1.54) is 24.3 Å². The number of hydrogen-bond donors (Lipinski definition) is 2. The van der Waals surface area contributed by atoms with E-state index in [2.05, 4.69) is 10.6 Å². The number of carbonyl (C=O) groups excluding carboxylic acids is 2. The van der Waals surface area contributed by atoms with Crippen LogP contribution in [0.3, 0.4) is 0 Å². The van der Waals surface area contributed by atoms with Crippen LogP contribution in [0.5, 0.6) is 5.75 Å². The Labute approximate surface area is 126 Å². The van der Waals surface area contributed by atoms with Crippen molar-refractivity contribution in [2.24, 2.45) is 0 Å². The minimum Gasteiger partial charge on any atom is -0.468 e. The Kier molecular flexibility index (Phi) is 3.50. The molecule has 1 atom stereocenters. The van der Waals surface area contributed by atoms with Crippen LogP contribution in [0.1, 0.15) is 5.56 Å². The van der Waals surface area contributed by atoms with Crippen LogP contribution in [-0.2, 0) is 9.59 Å². The number of fused-ring (bicyclic) bond motifs is 1. The summed E-state index contributed by atoms with van der Waals surface area (Å²) in [6, 6.07) is 10.5. The van der Waals surface area contributed by atoms with Crippen molar-refractivity contribution in [1.82, 2.24) is 0 Å². The highest BCUT2D eigenvalue weighted by molar-refractivity contribution is 6.15. The van der Waals surface area contributed by atoms with Crippen LogP contribution in [0.2, 0.25) is 0 Å². The fourth-order valence-electron chi connectivity index (χ4n) is 2.14. The average molecular weight is 300 g/mol. The molecular weight excluding hydrogens is 287 g/mol. The molecule has 2 aromatic carbocycles. The lowest BCUT2D eigenvalue weighted by atomic mass is 10.1. The fourth-order valence-corrected chi connectivity index (χ4v) is 2.14. The van der Waals surface area contributed by atoms with E-state index in [0.717, 1.165) is 5.56 Å². The first-order valence-corrected chi connectivity index (χ1v) is 6.67. The SMILES string of the molecule is Cc1ccc2c(c1)NC(=O)[C@H](C(=O)Nc1ccc(F)cc1)O2. The Hall–Kier alpha value is -2.89. The smallest absolute Gasteiger partial charge is 0.275 e. The van der Waals surface area contributed by atoms with Crippen molar-refractivity contribution < 1.29 is 18.7 Å². The highest BCUT2D eigenvalue weighted by Crippen LogP contribution is 2.30. The maximum atomic E-state index is 12.8. The van der Waals surface area contributed by atoms with Gasteiger partial charge in [0.1, 0.15) is 11.6 Å². The van der Waals surface area contributed by atoms with E-state index in [0.29, 0.717) is 17.1 Å². The predicted molar refractivity (Wildman–Crippen MR) is 79.3 cm³/mol. The third kappa shape index (κ3) is 2.76. The van der Waals surface area contributed by atoms with Gasteiger partial charge in [0.2, 0.25) is 0 Å². The molecule has 2 N–H and O–H groups in total. The molecule has 0 saturated heterocycles. The van der Waals surface area contributed by atoms with Crippen molar-refractivity contribution in [3.05, 3.63) is 53.8 Å². The Balaban J connectivity index is 1.77. The number of hydrogen-bond acceptors (Lipinski definition) is 3. The maximum absolute atomic E-state index is 12.8. The second-order valence-corrected chi connectivity index (χ2v) is 4.98. The van der Waals surface area contributed by atoms with Gasteiger partial charge in [-0.3, -0.25) is 9.59 Å². The molecule has 5 nitrogen and oxygen atoms in total. The summed E-state index contributed by atoms with van der Waals surface area (Å²) in [5.41, 5.74) is 1.89. The molecule has 2 aromatic rings. The van der Waals surface area contributed by atoms with Gasteiger partial charge in [0.25, 0.3) is 17.9 Å². The minimum absolute atomic E-state index is 0.387. The molecule has 0 fully saturated rings. The van der Waals surface area contributed by atoms with Gasteiger partial charge in [-0.05, 0) is 48.9 Å². The van der Waals surface area contributed by atoms with E-state index in [9.17, 15) is 14.0 Å². The summed E-state index contributed by atoms with van der Waals surface area (Å²) < 4.78 is 18.3. The molecule has 0 spiro atoms. The van der Waals surface area contributed by atoms with E-state index in [1.54, 1.807) is 12.1 Å². The van der Waals surface area contributed by atoms with E-state index in [1.807, 2.05) is 13.0 Å². The van der Waals surface area contributed by atoms with Crippen LogP contribution < -0.4 is 15.4 Å². The van der Waals surface area contributed by atoms with Crippen molar-refractivity contribution in [2.45, 2.75) is 13.0 Å². The van der Waals surface area contributed by atoms with Crippen LogP contribution in [0.15, 0.2) is 42.5 Å². The number of halogens is 1. The summed E-state index contributed by atoms with van der Waals surface area (Å²) in [7, 11) is 0. The monoisotopic (exact) mass is 300 g/mol. The maximum Gasteiger partial charge on any atom is 0.275 e. The quantitative estimate of drug-likeness (QED) is 0.837. The zero-order valence-corrected chi connectivity index (χ0v) is 11.7. The van der Waals surface area contributed by atoms with Gasteiger partial charge in [-0.2, -0.15) is 0 Å². The van der Waals surface area contributed by atoms with Gasteiger partial charge >= 0.3 is 0 Å². The van der Waals surface area contributed by atoms with Crippen LogP contribution in [-0.4, -0.2) is 17.9 Å². The summed E-state index contributed by atoms with van der Waals surface area (Å²) >= 11 is 0. The lowest BCUT2D eigenvalue weighted by molar-refractivity contribution is -0.133. The third-order valence-electron chi connectivity index (χ3n) is 3.23. The lowest BCUT2D eigenvalue weighted by Crippen LogP contribution is -2.45. The Morgan fingerprint density at radius 3 is 2.68 bits per heavy atom. The fraction of sp³-hybridized carbons (Fsp3) is 0.125. The van der Waals surface area contributed by atoms with Gasteiger partial charge < -0.3 is 15.4 Å². The molecule has 2 amide bonds. The largest absolute Gasteiger partial charge is 0.468 e. The molecule has 0 bridgehead atoms. The van der Waals surface area contributed by atoms with Crippen molar-refractivity contribution in [1.29, 1.82) is 0 Å². The highest BCUT2D eigenvalue weighted by Gasteiger charge is 2.34. The van der Waals surface area contributed by atoms with Crippen LogP contribution in [0.4, 0.5) is 15.8 Å². The molecule has 6 heteroatoms. The van der Waals surface area contributed by atoms with E-state index >= 15 is 0 Å². The summed E-state index contributed by atoms with van der Waals surface area (Å²) in [5, 5.41) is 5.16. The van der Waals surface area contributed by atoms with Crippen LogP contribution in [0.25, 0.3) is 0 Å². The Bertz CT molecular complexity index is 744. The minimum atomic E-state index is -1.29. The second-order valence-electron chi connectivity index (χ2n) is 4.98. The molecule has 1 aliphatic heterocycles. The first-order chi connectivity index (χ1) is 10.5. The lowest BCUT2D eigenvalue weighted by Gasteiger charge is -2.25. The van der Waals surface area contributed by atoms with E-state index in [-0.39, 0.29) is 0 Å². The number of carbonyl (C=O) groups is 2. The summed E-state index contributed by atoms with van der Waals surface area (Å²) in [6.45, 7) is 1.89. The number of amides is 2. The number of anilines is 2. The summed E-state index contributed by atoms with van der Waals surface area (Å²) in [6.07, 6.45) is -1.29. The standard InChI is InChI=1S/C16H13FN2O3/c1-9-2-7-13-12(8-9)19-16(21)14(22-13)15(20)18-11-5-3-10(17)4-6-11/h2-8,14H,1H3,(H,18,20)(H,19,21)/t14-/m0/s1. The normalized spacial score (nSPS) is 16.3. The van der Waals surface area contributed by atoms with Gasteiger partial charge in [-0.15, -0.1) is 0 Å². The number of rotatable bonds is 2. The molecule has 1 heterocycles. The first-order valence-electron chi connectivity index (χ1n) is 6.67. The van der Waals surface area contributed by atoms with Gasteiger partial charge in [0, 0.05) is 5.69 Å². The first kappa shape index (κ1) is 14.1. The number of benzene rings is 2. The van der Waals surface area contributed by atoms with Gasteiger partial charge in [-0.25, -0.2) is 4.39 Å². The number of aryl methyl sites for hydroxylation is 1. The van der Waals surface area contributed by atoms with Crippen LogP contribution >= 0.6 is 0 Å².